The van der Waals surface area contributed by atoms with E-state index < -0.39 is 0 Å². The Bertz CT molecular complexity index is 4000. The van der Waals surface area contributed by atoms with Crippen molar-refractivity contribution in [3.05, 3.63) is 268 Å². The van der Waals surface area contributed by atoms with E-state index in [-0.39, 0.29) is 32.5 Å². The Morgan fingerprint density at radius 1 is 0.264 bits per heavy atom. The summed E-state index contributed by atoms with van der Waals surface area (Å²) < 4.78 is 0. The number of fused-ring (bicyclic) bond motifs is 3. The molecule has 0 atom stereocenters. The molecule has 432 valence electrons. The van der Waals surface area contributed by atoms with Gasteiger partial charge >= 0.3 is 0 Å². The highest BCUT2D eigenvalue weighted by Gasteiger charge is 2.38. The molecule has 3 heterocycles. The summed E-state index contributed by atoms with van der Waals surface area (Å²) in [5.41, 5.74) is 31.7. The average Bonchev–Trinajstić information content (AvgIpc) is 1.70. The van der Waals surface area contributed by atoms with Crippen LogP contribution in [0.4, 0.5) is 0 Å². The highest BCUT2D eigenvalue weighted by atomic mass is 14.7. The van der Waals surface area contributed by atoms with Crippen molar-refractivity contribution in [3.63, 3.8) is 0 Å². The van der Waals surface area contributed by atoms with Gasteiger partial charge in [0.25, 0.3) is 0 Å². The van der Waals surface area contributed by atoms with E-state index in [1.165, 1.54) is 66.8 Å². The number of hydrogen-bond acceptors (Lipinski definition) is 3. The first-order valence-corrected chi connectivity index (χ1v) is 31.2. The maximum absolute atomic E-state index is 5.28. The molecule has 0 amide bonds. The van der Waals surface area contributed by atoms with E-state index in [0.29, 0.717) is 0 Å². The van der Waals surface area contributed by atoms with Crippen LogP contribution in [0.1, 0.15) is 171 Å². The summed E-state index contributed by atoms with van der Waals surface area (Å²) in [5, 5.41) is 0. The molecule has 0 bridgehead atoms. The lowest BCUT2D eigenvalue weighted by atomic mass is 9.77. The molecule has 0 saturated heterocycles. The molecule has 3 aliphatic rings. The third kappa shape index (κ3) is 10.2. The fourth-order valence-electron chi connectivity index (χ4n) is 13.9. The summed E-state index contributed by atoms with van der Waals surface area (Å²) in [6.07, 6.45) is 13.3. The van der Waals surface area contributed by atoms with Crippen LogP contribution in [-0.2, 0) is 32.5 Å². The average molecular weight is 1130 g/mol. The van der Waals surface area contributed by atoms with Crippen LogP contribution in [0.15, 0.2) is 201 Å². The van der Waals surface area contributed by atoms with Crippen molar-refractivity contribution < 1.29 is 0 Å². The SMILES string of the molecule is CC(C)(C)c1ccc2c(c1)C(C)(C)C(c1ccc(-c3ccccc3-c3cc(-c4ccccc4-c4ccc(C5=Cc6ccc(C(C)(C)C)cc6C5(C)C)nc4)cc(-c4ccccc4-c4ccc(C5=Cc6ccc(C(C)(C)C)cc6C5(C)C)nc4)c3)cn1)=C2. The fourth-order valence-corrected chi connectivity index (χ4v) is 13.9. The van der Waals surface area contributed by atoms with Crippen molar-refractivity contribution in [1.82, 2.24) is 15.0 Å². The zero-order valence-corrected chi connectivity index (χ0v) is 53.6. The summed E-state index contributed by atoms with van der Waals surface area (Å²) in [6, 6.07) is 68.1. The number of pyridine rings is 3. The van der Waals surface area contributed by atoms with Gasteiger partial charge in [0.2, 0.25) is 0 Å². The van der Waals surface area contributed by atoms with Crippen LogP contribution in [0.3, 0.4) is 0 Å². The first-order chi connectivity index (χ1) is 41.2. The Balaban J connectivity index is 0.894. The number of hydrogen-bond donors (Lipinski definition) is 0. The molecule has 0 spiro atoms. The molecule has 10 aromatic rings. The van der Waals surface area contributed by atoms with E-state index in [1.54, 1.807) is 0 Å². The standard InChI is InChI=1S/C84H81N3/c1-79(2,3)61-34-28-52-43-73(82(10,11)70(52)46-61)76-37-31-55(49-85-76)64-22-16-19-25-67(64)58-40-59(68-26-20-17-23-65(68)56-32-38-77(86-50-56)74-44-53-29-35-62(80(4,5)6)47-71(53)83(74,12)13)42-60(41-58)69-27-21-18-24-66(69)57-33-39-78(87-51-57)75-45-54-30-36-63(81(7,8)9)48-72(54)84(75,14)15/h16-51H,1-15H3. The zero-order valence-electron chi connectivity index (χ0n) is 53.6. The van der Waals surface area contributed by atoms with Gasteiger partial charge in [-0.2, -0.15) is 0 Å². The molecule has 0 radical (unpaired) electrons. The Kier molecular flexibility index (Phi) is 13.6. The van der Waals surface area contributed by atoms with Gasteiger partial charge in [0.15, 0.2) is 0 Å². The van der Waals surface area contributed by atoms with Gasteiger partial charge in [0.1, 0.15) is 0 Å². The second-order valence-electron chi connectivity index (χ2n) is 29.4. The summed E-state index contributed by atoms with van der Waals surface area (Å²) >= 11 is 0. The van der Waals surface area contributed by atoms with Crippen molar-refractivity contribution in [2.75, 3.05) is 0 Å². The van der Waals surface area contributed by atoms with Crippen molar-refractivity contribution >= 4 is 34.9 Å². The molecule has 0 saturated carbocycles. The predicted octanol–water partition coefficient (Wildman–Crippen LogP) is 22.3. The topological polar surface area (TPSA) is 38.7 Å². The van der Waals surface area contributed by atoms with Crippen molar-refractivity contribution in [1.29, 1.82) is 0 Å². The Hall–Kier alpha value is -8.79. The van der Waals surface area contributed by atoms with Gasteiger partial charge in [-0.25, -0.2) is 0 Å². The van der Waals surface area contributed by atoms with E-state index >= 15 is 0 Å². The number of nitrogens with zero attached hydrogens (tertiary/aromatic N) is 3. The summed E-state index contributed by atoms with van der Waals surface area (Å²) in [5.74, 6) is 0. The summed E-state index contributed by atoms with van der Waals surface area (Å²) in [4.78, 5) is 15.8. The minimum absolute atomic E-state index is 0.0651. The van der Waals surface area contributed by atoms with Crippen molar-refractivity contribution in [2.45, 2.75) is 136 Å². The van der Waals surface area contributed by atoms with E-state index in [9.17, 15) is 0 Å². The molecule has 0 fully saturated rings. The Labute approximate surface area is 517 Å². The van der Waals surface area contributed by atoms with Crippen LogP contribution in [0, 0.1) is 0 Å². The molecule has 3 heteroatoms. The lowest BCUT2D eigenvalue weighted by Crippen LogP contribution is -2.19. The molecule has 3 aliphatic carbocycles. The molecular weight excluding hydrogens is 1050 g/mol. The first kappa shape index (κ1) is 57.3. The molecule has 0 unspecified atom stereocenters. The quantitative estimate of drug-likeness (QED) is 0.145. The molecule has 0 N–H and O–H groups in total. The Morgan fingerprint density at radius 2 is 0.506 bits per heavy atom. The largest absolute Gasteiger partial charge is 0.256 e. The molecule has 0 aliphatic heterocycles. The highest BCUT2D eigenvalue weighted by molar-refractivity contribution is 5.98. The second kappa shape index (κ2) is 20.7. The Morgan fingerprint density at radius 3 is 0.724 bits per heavy atom. The van der Waals surface area contributed by atoms with Gasteiger partial charge in [-0.05, 0) is 188 Å². The number of rotatable bonds is 9. The zero-order chi connectivity index (χ0) is 61.2. The third-order valence-electron chi connectivity index (χ3n) is 19.4. The van der Waals surface area contributed by atoms with Gasteiger partial charge in [0.05, 0.1) is 17.1 Å². The lowest BCUT2D eigenvalue weighted by Gasteiger charge is -2.27. The molecule has 3 nitrogen and oxygen atoms in total. The number of allylic oxidation sites excluding steroid dienone is 3. The van der Waals surface area contributed by atoms with Crippen LogP contribution >= 0.6 is 0 Å². The molecule has 3 aromatic heterocycles. The molecule has 13 rings (SSSR count). The van der Waals surface area contributed by atoms with Gasteiger partial charge in [-0.15, -0.1) is 0 Å². The molecule has 7 aromatic carbocycles. The minimum atomic E-state index is -0.190. The lowest BCUT2D eigenvalue weighted by molar-refractivity contribution is 0.586. The highest BCUT2D eigenvalue weighted by Crippen LogP contribution is 2.51. The van der Waals surface area contributed by atoms with E-state index in [0.717, 1.165) is 83.8 Å². The van der Waals surface area contributed by atoms with Crippen LogP contribution in [0.5, 0.6) is 0 Å². The van der Waals surface area contributed by atoms with E-state index in [2.05, 4.69) is 323 Å². The first-order valence-electron chi connectivity index (χ1n) is 31.2. The van der Waals surface area contributed by atoms with Crippen molar-refractivity contribution in [2.24, 2.45) is 0 Å². The second-order valence-corrected chi connectivity index (χ2v) is 29.4. The number of aromatic nitrogens is 3. The summed E-state index contributed by atoms with van der Waals surface area (Å²) in [7, 11) is 0. The predicted molar refractivity (Wildman–Crippen MR) is 371 cm³/mol. The maximum atomic E-state index is 5.28. The van der Waals surface area contributed by atoms with Crippen LogP contribution in [-0.4, -0.2) is 15.0 Å². The monoisotopic (exact) mass is 1130 g/mol. The minimum Gasteiger partial charge on any atom is -0.256 e. The van der Waals surface area contributed by atoms with Crippen molar-refractivity contribution in [3.8, 4) is 66.8 Å². The molecule has 87 heavy (non-hydrogen) atoms. The molecular formula is C84H81N3. The normalized spacial score (nSPS) is 15.6. The van der Waals surface area contributed by atoms with Gasteiger partial charge in [0, 0.05) is 51.5 Å². The van der Waals surface area contributed by atoms with Crippen LogP contribution in [0.2, 0.25) is 0 Å². The van der Waals surface area contributed by atoms with Crippen LogP contribution < -0.4 is 0 Å². The van der Waals surface area contributed by atoms with Gasteiger partial charge < -0.3 is 0 Å². The van der Waals surface area contributed by atoms with Gasteiger partial charge in [-0.3, -0.25) is 15.0 Å². The third-order valence-corrected chi connectivity index (χ3v) is 19.4. The van der Waals surface area contributed by atoms with Crippen LogP contribution in [0.25, 0.3) is 102 Å². The fraction of sp³-hybridized carbons (Fsp3) is 0.250. The number of benzene rings is 7. The van der Waals surface area contributed by atoms with Gasteiger partial charge in [-0.1, -0.05) is 249 Å². The summed E-state index contributed by atoms with van der Waals surface area (Å²) in [6.45, 7) is 34.7. The maximum Gasteiger partial charge on any atom is 0.0671 e. The smallest absolute Gasteiger partial charge is 0.0671 e. The van der Waals surface area contributed by atoms with E-state index in [1.807, 2.05) is 0 Å². The van der Waals surface area contributed by atoms with E-state index in [4.69, 9.17) is 15.0 Å².